The molecule has 0 aromatic heterocycles. The lowest BCUT2D eigenvalue weighted by Gasteiger charge is -2.36. The van der Waals surface area contributed by atoms with Gasteiger partial charge in [-0.3, -0.25) is 9.89 Å². The van der Waals surface area contributed by atoms with Crippen LogP contribution in [0.1, 0.15) is 12.5 Å². The number of likely N-dealkylation sites (tertiary alicyclic amines) is 1. The zero-order valence-electron chi connectivity index (χ0n) is 16.2. The summed E-state index contributed by atoms with van der Waals surface area (Å²) < 4.78 is 29.4. The van der Waals surface area contributed by atoms with Gasteiger partial charge >= 0.3 is 0 Å². The van der Waals surface area contributed by atoms with E-state index in [1.54, 1.807) is 14.0 Å². The highest BCUT2D eigenvalue weighted by molar-refractivity contribution is 7.91. The van der Waals surface area contributed by atoms with Gasteiger partial charge in [0.2, 0.25) is 0 Å². The van der Waals surface area contributed by atoms with Crippen LogP contribution in [0.25, 0.3) is 0 Å². The number of hydrogen-bond acceptors (Lipinski definition) is 5. The van der Waals surface area contributed by atoms with Gasteiger partial charge in [0.1, 0.15) is 0 Å². The van der Waals surface area contributed by atoms with Crippen molar-refractivity contribution in [2.45, 2.75) is 25.6 Å². The van der Waals surface area contributed by atoms with Crippen LogP contribution in [0.4, 0.5) is 0 Å². The molecule has 2 heterocycles. The van der Waals surface area contributed by atoms with Crippen molar-refractivity contribution in [1.29, 1.82) is 0 Å². The van der Waals surface area contributed by atoms with Crippen LogP contribution < -0.4 is 5.32 Å². The molecule has 2 aliphatic rings. The molecule has 0 aliphatic carbocycles. The second-order valence-corrected chi connectivity index (χ2v) is 9.52. The second-order valence-electron chi connectivity index (χ2n) is 7.05. The highest BCUT2D eigenvalue weighted by atomic mass is 32.2. The van der Waals surface area contributed by atoms with Crippen molar-refractivity contribution in [3.8, 4) is 0 Å². The van der Waals surface area contributed by atoms with Crippen LogP contribution in [0, 0.1) is 0 Å². The van der Waals surface area contributed by atoms with Crippen LogP contribution in [0.3, 0.4) is 0 Å². The Bertz CT molecular complexity index is 739. The number of rotatable bonds is 6. The Morgan fingerprint density at radius 2 is 2.07 bits per heavy atom. The summed E-state index contributed by atoms with van der Waals surface area (Å²) in [5.41, 5.74) is 1.31. The number of sulfone groups is 1. The van der Waals surface area contributed by atoms with E-state index in [0.29, 0.717) is 12.6 Å². The monoisotopic (exact) mass is 394 g/mol. The number of guanidine groups is 1. The average molecular weight is 395 g/mol. The summed E-state index contributed by atoms with van der Waals surface area (Å²) in [6.45, 7) is 6.23. The van der Waals surface area contributed by atoms with Gasteiger partial charge in [0.25, 0.3) is 0 Å². The number of fused-ring (bicyclic) bond motifs is 1. The Balaban J connectivity index is 1.59. The summed E-state index contributed by atoms with van der Waals surface area (Å²) in [5.74, 6) is 1.04. The Kier molecular flexibility index (Phi) is 6.73. The molecule has 0 radical (unpaired) electrons. The first-order valence-electron chi connectivity index (χ1n) is 9.58. The average Bonchev–Trinajstić information content (AvgIpc) is 3.11. The summed E-state index contributed by atoms with van der Waals surface area (Å²) in [6, 6.07) is 10.8. The molecule has 2 aliphatic heterocycles. The van der Waals surface area contributed by atoms with Crippen LogP contribution in [-0.2, 0) is 21.1 Å². The van der Waals surface area contributed by atoms with E-state index in [9.17, 15) is 8.42 Å². The molecule has 8 heteroatoms. The lowest BCUT2D eigenvalue weighted by Crippen LogP contribution is -2.50. The van der Waals surface area contributed by atoms with Crippen molar-refractivity contribution in [2.75, 3.05) is 51.3 Å². The summed E-state index contributed by atoms with van der Waals surface area (Å²) in [6.07, 6.45) is 0.153. The van der Waals surface area contributed by atoms with E-state index in [-0.39, 0.29) is 17.6 Å². The van der Waals surface area contributed by atoms with Crippen LogP contribution >= 0.6 is 0 Å². The van der Waals surface area contributed by atoms with Crippen LogP contribution in [0.15, 0.2) is 35.3 Å². The van der Waals surface area contributed by atoms with Crippen molar-refractivity contribution >= 4 is 15.8 Å². The lowest BCUT2D eigenvalue weighted by atomic mass is 10.1. The molecule has 3 rings (SSSR count). The number of aliphatic imine (C=N–C) groups is 1. The van der Waals surface area contributed by atoms with E-state index in [2.05, 4.69) is 44.4 Å². The summed E-state index contributed by atoms with van der Waals surface area (Å²) in [4.78, 5) is 9.01. The molecular weight excluding hydrogens is 364 g/mol. The molecule has 7 nitrogen and oxygen atoms in total. The Hall–Kier alpha value is -1.64. The van der Waals surface area contributed by atoms with Gasteiger partial charge in [0, 0.05) is 45.5 Å². The fourth-order valence-corrected chi connectivity index (χ4v) is 4.44. The van der Waals surface area contributed by atoms with Crippen LogP contribution in [0.2, 0.25) is 0 Å². The van der Waals surface area contributed by atoms with E-state index in [1.165, 1.54) is 5.56 Å². The first-order valence-corrected chi connectivity index (χ1v) is 11.4. The van der Waals surface area contributed by atoms with Crippen LogP contribution in [0.5, 0.6) is 0 Å². The number of hydrogen-bond donors (Lipinski definition) is 1. The lowest BCUT2D eigenvalue weighted by molar-refractivity contribution is -0.0502. The van der Waals surface area contributed by atoms with Crippen molar-refractivity contribution in [3.63, 3.8) is 0 Å². The fourth-order valence-electron chi connectivity index (χ4n) is 3.74. The smallest absolute Gasteiger partial charge is 0.193 e. The molecule has 2 fully saturated rings. The number of nitrogens with zero attached hydrogens (tertiary/aromatic N) is 3. The van der Waals surface area contributed by atoms with Gasteiger partial charge in [0.05, 0.1) is 24.5 Å². The van der Waals surface area contributed by atoms with Crippen LogP contribution in [-0.4, -0.2) is 87.7 Å². The van der Waals surface area contributed by atoms with Crippen molar-refractivity contribution in [2.24, 2.45) is 4.99 Å². The van der Waals surface area contributed by atoms with E-state index < -0.39 is 9.84 Å². The third-order valence-electron chi connectivity index (χ3n) is 5.29. The Morgan fingerprint density at radius 3 is 2.78 bits per heavy atom. The third-order valence-corrected chi connectivity index (χ3v) is 7.00. The van der Waals surface area contributed by atoms with E-state index >= 15 is 0 Å². The standard InChI is InChI=1S/C19H30N4O3S/c1-3-27(24,25)12-9-21-19(20-2)23-14-17-18(15-23)26-11-10-22(17)13-16-7-5-4-6-8-16/h4-8,17-18H,3,9-15H2,1-2H3,(H,20,21). The highest BCUT2D eigenvalue weighted by Crippen LogP contribution is 2.24. The van der Waals surface area contributed by atoms with Gasteiger partial charge in [-0.2, -0.15) is 0 Å². The predicted molar refractivity (Wildman–Crippen MR) is 108 cm³/mol. The number of ether oxygens (including phenoxy) is 1. The molecule has 27 heavy (non-hydrogen) atoms. The summed E-state index contributed by atoms with van der Waals surface area (Å²) in [5, 5.41) is 3.20. The molecule has 0 amide bonds. The van der Waals surface area contributed by atoms with Crippen molar-refractivity contribution < 1.29 is 13.2 Å². The number of morpholine rings is 1. The molecular formula is C19H30N4O3S. The second kappa shape index (κ2) is 9.03. The maximum atomic E-state index is 11.7. The molecule has 0 spiro atoms. The largest absolute Gasteiger partial charge is 0.373 e. The zero-order chi connectivity index (χ0) is 19.3. The molecule has 2 saturated heterocycles. The maximum Gasteiger partial charge on any atom is 0.193 e. The molecule has 2 atom stereocenters. The maximum absolute atomic E-state index is 11.7. The van der Waals surface area contributed by atoms with Gasteiger partial charge in [-0.05, 0) is 5.56 Å². The molecule has 1 aromatic carbocycles. The normalized spacial score (nSPS) is 24.1. The minimum Gasteiger partial charge on any atom is -0.373 e. The first-order chi connectivity index (χ1) is 13.0. The molecule has 1 N–H and O–H groups in total. The molecule has 0 bridgehead atoms. The van der Waals surface area contributed by atoms with Gasteiger partial charge in [0.15, 0.2) is 15.8 Å². The van der Waals surface area contributed by atoms with E-state index in [1.807, 2.05) is 6.07 Å². The van der Waals surface area contributed by atoms with Gasteiger partial charge in [-0.25, -0.2) is 8.42 Å². The summed E-state index contributed by atoms with van der Waals surface area (Å²) >= 11 is 0. The predicted octanol–water partition coefficient (Wildman–Crippen LogP) is 0.582. The minimum atomic E-state index is -2.98. The number of nitrogens with one attached hydrogen (secondary N) is 1. The zero-order valence-corrected chi connectivity index (χ0v) is 17.0. The van der Waals surface area contributed by atoms with E-state index in [0.717, 1.165) is 38.7 Å². The van der Waals surface area contributed by atoms with Crippen molar-refractivity contribution in [3.05, 3.63) is 35.9 Å². The number of benzene rings is 1. The SMILES string of the molecule is CCS(=O)(=O)CCNC(=NC)N1CC2OCCN(Cc3ccccc3)C2C1. The van der Waals surface area contributed by atoms with E-state index in [4.69, 9.17) is 4.74 Å². The molecule has 150 valence electrons. The highest BCUT2D eigenvalue weighted by Gasteiger charge is 2.41. The van der Waals surface area contributed by atoms with Crippen molar-refractivity contribution in [1.82, 2.24) is 15.1 Å². The van der Waals surface area contributed by atoms with Gasteiger partial charge < -0.3 is 15.0 Å². The fraction of sp³-hybridized carbons (Fsp3) is 0.632. The Labute approximate surface area is 162 Å². The first kappa shape index (κ1) is 20.1. The molecule has 2 unspecified atom stereocenters. The van der Waals surface area contributed by atoms with Gasteiger partial charge in [-0.15, -0.1) is 0 Å². The summed E-state index contributed by atoms with van der Waals surface area (Å²) in [7, 11) is -1.24. The third kappa shape index (κ3) is 5.21. The molecule has 0 saturated carbocycles. The topological polar surface area (TPSA) is 74.2 Å². The Morgan fingerprint density at radius 1 is 1.30 bits per heavy atom. The molecule has 1 aromatic rings. The minimum absolute atomic E-state index is 0.125. The van der Waals surface area contributed by atoms with Gasteiger partial charge in [-0.1, -0.05) is 37.3 Å². The quantitative estimate of drug-likeness (QED) is 0.562.